The minimum Gasteiger partial charge on any atom is -0.313 e. The Hall–Kier alpha value is -2.28. The molecule has 150 valence electrons. The van der Waals surface area contributed by atoms with Crippen LogP contribution in [0.15, 0.2) is 83.3 Å². The molecular weight excluding hydrogens is 338 g/mol. The molecule has 1 aromatic rings. The van der Waals surface area contributed by atoms with Gasteiger partial charge in [-0.3, -0.25) is 0 Å². The fourth-order valence-corrected chi connectivity index (χ4v) is 3.38. The smallest absolute Gasteiger partial charge is 0.0487 e. The van der Waals surface area contributed by atoms with Crippen molar-refractivity contribution in [3.05, 3.63) is 88.8 Å². The van der Waals surface area contributed by atoms with Crippen molar-refractivity contribution in [2.75, 3.05) is 4.90 Å². The summed E-state index contributed by atoms with van der Waals surface area (Å²) >= 11 is 0. The predicted molar refractivity (Wildman–Crippen MR) is 125 cm³/mol. The third kappa shape index (κ3) is 5.86. The van der Waals surface area contributed by atoms with Crippen molar-refractivity contribution in [3.63, 3.8) is 0 Å². The molecule has 0 atom stereocenters. The monoisotopic (exact) mass is 375 g/mol. The molecular formula is C27H37N. The van der Waals surface area contributed by atoms with E-state index in [-0.39, 0.29) is 0 Å². The molecule has 1 heteroatoms. The largest absolute Gasteiger partial charge is 0.313 e. The van der Waals surface area contributed by atoms with Gasteiger partial charge in [-0.2, -0.15) is 0 Å². The van der Waals surface area contributed by atoms with Crippen LogP contribution in [0, 0.1) is 18.8 Å². The SMILES string of the molecule is CC1=C(N(C(/C=C\C(C)C)=C(C)/C=C\C(C)C)c2ccccc2C)CCC=C1. The van der Waals surface area contributed by atoms with Crippen molar-refractivity contribution in [2.45, 2.75) is 61.3 Å². The first-order valence-electron chi connectivity index (χ1n) is 10.6. The molecule has 2 rings (SSSR count). The number of nitrogens with zero attached hydrogens (tertiary/aromatic N) is 1. The van der Waals surface area contributed by atoms with Crippen LogP contribution in [0.4, 0.5) is 5.69 Å². The predicted octanol–water partition coefficient (Wildman–Crippen LogP) is 8.12. The third-order valence-electron chi connectivity index (χ3n) is 5.01. The number of hydrogen-bond donors (Lipinski definition) is 0. The van der Waals surface area contributed by atoms with Crippen molar-refractivity contribution in [2.24, 2.45) is 11.8 Å². The van der Waals surface area contributed by atoms with E-state index in [1.807, 2.05) is 0 Å². The summed E-state index contributed by atoms with van der Waals surface area (Å²) in [7, 11) is 0. The molecule has 0 fully saturated rings. The van der Waals surface area contributed by atoms with Gasteiger partial charge in [0.25, 0.3) is 0 Å². The Morgan fingerprint density at radius 3 is 2.21 bits per heavy atom. The van der Waals surface area contributed by atoms with Gasteiger partial charge in [-0.15, -0.1) is 0 Å². The van der Waals surface area contributed by atoms with Gasteiger partial charge in [0.2, 0.25) is 0 Å². The molecule has 0 saturated carbocycles. The third-order valence-corrected chi connectivity index (χ3v) is 5.01. The quantitative estimate of drug-likeness (QED) is 0.435. The molecule has 1 nitrogen and oxygen atoms in total. The van der Waals surface area contributed by atoms with Crippen molar-refractivity contribution in [3.8, 4) is 0 Å². The van der Waals surface area contributed by atoms with Gasteiger partial charge in [-0.25, -0.2) is 0 Å². The zero-order valence-electron chi connectivity index (χ0n) is 18.8. The van der Waals surface area contributed by atoms with E-state index in [0.717, 1.165) is 12.8 Å². The average molecular weight is 376 g/mol. The minimum atomic E-state index is 0.511. The summed E-state index contributed by atoms with van der Waals surface area (Å²) in [4.78, 5) is 2.49. The molecule has 0 aliphatic heterocycles. The highest BCUT2D eigenvalue weighted by atomic mass is 15.2. The van der Waals surface area contributed by atoms with Gasteiger partial charge in [-0.05, 0) is 74.3 Å². The number of rotatable bonds is 7. The van der Waals surface area contributed by atoms with Crippen LogP contribution >= 0.6 is 0 Å². The van der Waals surface area contributed by atoms with Crippen LogP contribution in [0.5, 0.6) is 0 Å². The number of para-hydroxylation sites is 1. The summed E-state index contributed by atoms with van der Waals surface area (Å²) in [6.07, 6.45) is 15.9. The fourth-order valence-electron chi connectivity index (χ4n) is 3.38. The van der Waals surface area contributed by atoms with Crippen LogP contribution in [0.2, 0.25) is 0 Å². The van der Waals surface area contributed by atoms with Gasteiger partial charge in [-0.1, -0.05) is 76.3 Å². The molecule has 1 aliphatic carbocycles. The van der Waals surface area contributed by atoms with E-state index in [9.17, 15) is 0 Å². The summed E-state index contributed by atoms with van der Waals surface area (Å²) in [6, 6.07) is 8.72. The lowest BCUT2D eigenvalue weighted by Gasteiger charge is -2.33. The van der Waals surface area contributed by atoms with Crippen LogP contribution in [-0.4, -0.2) is 0 Å². The molecule has 0 unspecified atom stereocenters. The molecule has 0 radical (unpaired) electrons. The molecule has 28 heavy (non-hydrogen) atoms. The topological polar surface area (TPSA) is 3.24 Å². The summed E-state index contributed by atoms with van der Waals surface area (Å²) in [5.41, 5.74) is 7.89. The highest BCUT2D eigenvalue weighted by molar-refractivity contribution is 5.67. The van der Waals surface area contributed by atoms with E-state index < -0.39 is 0 Å². The van der Waals surface area contributed by atoms with Gasteiger partial charge in [0.1, 0.15) is 0 Å². The van der Waals surface area contributed by atoms with Crippen LogP contribution in [0.1, 0.15) is 59.9 Å². The highest BCUT2D eigenvalue weighted by Gasteiger charge is 2.21. The lowest BCUT2D eigenvalue weighted by atomic mass is 9.99. The van der Waals surface area contributed by atoms with Gasteiger partial charge >= 0.3 is 0 Å². The lowest BCUT2D eigenvalue weighted by Crippen LogP contribution is -2.25. The van der Waals surface area contributed by atoms with Gasteiger partial charge in [0.15, 0.2) is 0 Å². The number of hydrogen-bond acceptors (Lipinski definition) is 1. The van der Waals surface area contributed by atoms with E-state index in [1.165, 1.54) is 33.8 Å². The number of anilines is 1. The maximum Gasteiger partial charge on any atom is 0.0487 e. The van der Waals surface area contributed by atoms with Crippen LogP contribution in [0.3, 0.4) is 0 Å². The van der Waals surface area contributed by atoms with Crippen molar-refractivity contribution >= 4 is 5.69 Å². The first-order chi connectivity index (χ1) is 13.3. The summed E-state index contributed by atoms with van der Waals surface area (Å²) < 4.78 is 0. The zero-order chi connectivity index (χ0) is 20.7. The Morgan fingerprint density at radius 1 is 0.964 bits per heavy atom. The Kier molecular flexibility index (Phi) is 8.11. The van der Waals surface area contributed by atoms with Crippen LogP contribution in [0.25, 0.3) is 0 Å². The molecule has 1 aliphatic rings. The lowest BCUT2D eigenvalue weighted by molar-refractivity contribution is 0.824. The Balaban J connectivity index is 2.73. The maximum absolute atomic E-state index is 2.49. The van der Waals surface area contributed by atoms with E-state index >= 15 is 0 Å². The summed E-state index contributed by atoms with van der Waals surface area (Å²) in [6.45, 7) is 15.6. The molecule has 0 aromatic heterocycles. The molecule has 0 saturated heterocycles. The second kappa shape index (κ2) is 10.3. The first kappa shape index (κ1) is 22.0. The van der Waals surface area contributed by atoms with Crippen LogP contribution < -0.4 is 4.90 Å². The summed E-state index contributed by atoms with van der Waals surface area (Å²) in [5.74, 6) is 1.05. The van der Waals surface area contributed by atoms with Gasteiger partial charge in [0.05, 0.1) is 0 Å². The zero-order valence-corrected chi connectivity index (χ0v) is 18.8. The minimum absolute atomic E-state index is 0.511. The van der Waals surface area contributed by atoms with Crippen molar-refractivity contribution in [1.82, 2.24) is 0 Å². The van der Waals surface area contributed by atoms with Crippen molar-refractivity contribution in [1.29, 1.82) is 0 Å². The van der Waals surface area contributed by atoms with E-state index in [0.29, 0.717) is 11.8 Å². The molecule has 0 N–H and O–H groups in total. The highest BCUT2D eigenvalue weighted by Crippen LogP contribution is 2.35. The second-order valence-electron chi connectivity index (χ2n) is 8.47. The average Bonchev–Trinajstić information content (AvgIpc) is 2.65. The van der Waals surface area contributed by atoms with Gasteiger partial charge in [0, 0.05) is 17.1 Å². The second-order valence-corrected chi connectivity index (χ2v) is 8.47. The number of benzene rings is 1. The molecule has 0 heterocycles. The van der Waals surface area contributed by atoms with E-state index in [2.05, 4.69) is 114 Å². The van der Waals surface area contributed by atoms with E-state index in [1.54, 1.807) is 0 Å². The number of aryl methyl sites for hydroxylation is 1. The van der Waals surface area contributed by atoms with E-state index in [4.69, 9.17) is 0 Å². The maximum atomic E-state index is 2.49. The molecule has 0 amide bonds. The van der Waals surface area contributed by atoms with Crippen molar-refractivity contribution < 1.29 is 0 Å². The Morgan fingerprint density at radius 2 is 1.61 bits per heavy atom. The molecule has 1 aromatic carbocycles. The summed E-state index contributed by atoms with van der Waals surface area (Å²) in [5, 5.41) is 0. The normalized spacial score (nSPS) is 16.0. The Bertz CT molecular complexity index is 812. The fraction of sp³-hybridized carbons (Fsp3) is 0.407. The standard InChI is InChI=1S/C27H37N/c1-20(2)16-18-24(7)27(19-17-21(3)4)28(25-14-10-8-12-22(25)5)26-15-11-9-13-23(26)6/h8-10,12-14,16-21H,11,15H2,1-7H3/b18-16-,19-17-,27-24+. The Labute approximate surface area is 172 Å². The van der Waals surface area contributed by atoms with Gasteiger partial charge < -0.3 is 4.90 Å². The number of allylic oxidation sites excluding steroid dienone is 9. The molecule has 0 bridgehead atoms. The molecule has 0 spiro atoms. The van der Waals surface area contributed by atoms with Crippen LogP contribution in [-0.2, 0) is 0 Å². The first-order valence-corrected chi connectivity index (χ1v) is 10.6.